The summed E-state index contributed by atoms with van der Waals surface area (Å²) in [7, 11) is 0. The van der Waals surface area contributed by atoms with Crippen LogP contribution in [0.15, 0.2) is 30.3 Å². The monoisotopic (exact) mass is 205 g/mol. The number of carbonyl (C=O) groups is 1. The Bertz CT molecular complexity index is 333. The molecule has 2 rings (SSSR count). The average molecular weight is 205 g/mol. The van der Waals surface area contributed by atoms with E-state index in [2.05, 4.69) is 5.32 Å². The van der Waals surface area contributed by atoms with Crippen LogP contribution in [0.3, 0.4) is 0 Å². The molecule has 1 aromatic carbocycles. The lowest BCUT2D eigenvalue weighted by atomic mass is 10.1. The Balaban J connectivity index is 1.85. The van der Waals surface area contributed by atoms with E-state index < -0.39 is 0 Å². The first-order chi connectivity index (χ1) is 7.25. The van der Waals surface area contributed by atoms with Gasteiger partial charge in [0.1, 0.15) is 0 Å². The van der Waals surface area contributed by atoms with Crippen LogP contribution in [-0.4, -0.2) is 18.6 Å². The molecule has 1 fully saturated rings. The molecule has 1 aliphatic rings. The van der Waals surface area contributed by atoms with Gasteiger partial charge in [0.15, 0.2) is 0 Å². The molecule has 0 saturated carbocycles. The fraction of sp³-hybridized carbons (Fsp3) is 0.417. The van der Waals surface area contributed by atoms with Gasteiger partial charge in [-0.2, -0.15) is 0 Å². The lowest BCUT2D eigenvalue weighted by Gasteiger charge is -2.13. The number of hydrogen-bond acceptors (Lipinski definition) is 2. The lowest BCUT2D eigenvalue weighted by molar-refractivity contribution is -0.122. The Kier molecular flexibility index (Phi) is 3.02. The van der Waals surface area contributed by atoms with Gasteiger partial charge in [-0.05, 0) is 12.5 Å². The SMILES string of the molecule is C[C@@H](NC(=O)CC1CO1)c1ccccc1. The Labute approximate surface area is 89.4 Å². The van der Waals surface area contributed by atoms with Crippen molar-refractivity contribution in [2.75, 3.05) is 6.61 Å². The van der Waals surface area contributed by atoms with Crippen molar-refractivity contribution in [2.24, 2.45) is 0 Å². The molecule has 1 heterocycles. The predicted molar refractivity (Wildman–Crippen MR) is 57.4 cm³/mol. The number of hydrogen-bond donors (Lipinski definition) is 1. The van der Waals surface area contributed by atoms with E-state index >= 15 is 0 Å². The van der Waals surface area contributed by atoms with Crippen molar-refractivity contribution in [3.63, 3.8) is 0 Å². The van der Waals surface area contributed by atoms with Gasteiger partial charge in [-0.1, -0.05) is 30.3 Å². The highest BCUT2D eigenvalue weighted by Crippen LogP contribution is 2.15. The highest BCUT2D eigenvalue weighted by Gasteiger charge is 2.26. The van der Waals surface area contributed by atoms with Crippen LogP contribution in [0.25, 0.3) is 0 Å². The minimum absolute atomic E-state index is 0.0638. The summed E-state index contributed by atoms with van der Waals surface area (Å²) in [6, 6.07) is 10.0. The third-order valence-corrected chi connectivity index (χ3v) is 2.49. The number of carbonyl (C=O) groups excluding carboxylic acids is 1. The number of rotatable bonds is 4. The van der Waals surface area contributed by atoms with Crippen molar-refractivity contribution in [2.45, 2.75) is 25.5 Å². The van der Waals surface area contributed by atoms with E-state index in [1.807, 2.05) is 37.3 Å². The zero-order valence-electron chi connectivity index (χ0n) is 8.77. The zero-order chi connectivity index (χ0) is 10.7. The molecule has 0 spiro atoms. The van der Waals surface area contributed by atoms with Gasteiger partial charge in [-0.3, -0.25) is 4.79 Å². The molecule has 1 saturated heterocycles. The maximum Gasteiger partial charge on any atom is 0.223 e. The van der Waals surface area contributed by atoms with Crippen LogP contribution in [0.4, 0.5) is 0 Å². The summed E-state index contributed by atoms with van der Waals surface area (Å²) in [5.41, 5.74) is 1.13. The van der Waals surface area contributed by atoms with E-state index in [1.165, 1.54) is 0 Å². The molecule has 3 nitrogen and oxygen atoms in total. The van der Waals surface area contributed by atoms with Gasteiger partial charge in [-0.15, -0.1) is 0 Å². The second kappa shape index (κ2) is 4.45. The molecule has 0 bridgehead atoms. The van der Waals surface area contributed by atoms with Gasteiger partial charge in [0, 0.05) is 0 Å². The minimum Gasteiger partial charge on any atom is -0.373 e. The van der Waals surface area contributed by atoms with Crippen molar-refractivity contribution in [3.8, 4) is 0 Å². The van der Waals surface area contributed by atoms with E-state index in [0.29, 0.717) is 6.42 Å². The molecule has 15 heavy (non-hydrogen) atoms. The molecule has 0 aromatic heterocycles. The van der Waals surface area contributed by atoms with Crippen LogP contribution in [-0.2, 0) is 9.53 Å². The molecule has 1 aliphatic heterocycles. The van der Waals surface area contributed by atoms with E-state index in [0.717, 1.165) is 12.2 Å². The topological polar surface area (TPSA) is 41.6 Å². The van der Waals surface area contributed by atoms with Crippen LogP contribution in [0.5, 0.6) is 0 Å². The number of ether oxygens (including phenoxy) is 1. The molecule has 80 valence electrons. The van der Waals surface area contributed by atoms with Crippen molar-refractivity contribution >= 4 is 5.91 Å². The molecule has 1 aromatic rings. The first kappa shape index (κ1) is 10.2. The van der Waals surface area contributed by atoms with Crippen LogP contribution in [0, 0.1) is 0 Å². The van der Waals surface area contributed by atoms with Crippen LogP contribution >= 0.6 is 0 Å². The predicted octanol–water partition coefficient (Wildman–Crippen LogP) is 1.65. The molecule has 1 amide bonds. The largest absolute Gasteiger partial charge is 0.373 e. The minimum atomic E-state index is 0.0638. The van der Waals surface area contributed by atoms with Gasteiger partial charge in [0.2, 0.25) is 5.91 Å². The van der Waals surface area contributed by atoms with Crippen molar-refractivity contribution in [3.05, 3.63) is 35.9 Å². The third kappa shape index (κ3) is 3.06. The normalized spacial score (nSPS) is 20.7. The molecule has 3 heteroatoms. The van der Waals surface area contributed by atoms with E-state index in [4.69, 9.17) is 4.74 Å². The Hall–Kier alpha value is -1.35. The van der Waals surface area contributed by atoms with Crippen molar-refractivity contribution in [1.29, 1.82) is 0 Å². The van der Waals surface area contributed by atoms with Crippen LogP contribution < -0.4 is 5.32 Å². The Morgan fingerprint density at radius 1 is 1.53 bits per heavy atom. The van der Waals surface area contributed by atoms with Gasteiger partial charge in [0.05, 0.1) is 25.2 Å². The van der Waals surface area contributed by atoms with Gasteiger partial charge >= 0.3 is 0 Å². The molecule has 2 atom stereocenters. The fourth-order valence-electron chi connectivity index (χ4n) is 1.52. The summed E-state index contributed by atoms with van der Waals surface area (Å²) in [5, 5.41) is 2.95. The quantitative estimate of drug-likeness (QED) is 0.759. The first-order valence-electron chi connectivity index (χ1n) is 5.21. The number of benzene rings is 1. The second-order valence-electron chi connectivity index (χ2n) is 3.86. The van der Waals surface area contributed by atoms with Gasteiger partial charge < -0.3 is 10.1 Å². The summed E-state index contributed by atoms with van der Waals surface area (Å²) < 4.78 is 5.01. The summed E-state index contributed by atoms with van der Waals surface area (Å²) in [4.78, 5) is 11.5. The summed E-state index contributed by atoms with van der Waals surface area (Å²) >= 11 is 0. The number of nitrogens with one attached hydrogen (secondary N) is 1. The smallest absolute Gasteiger partial charge is 0.223 e. The van der Waals surface area contributed by atoms with E-state index in [9.17, 15) is 4.79 Å². The van der Waals surface area contributed by atoms with Crippen LogP contribution in [0.1, 0.15) is 24.9 Å². The summed E-state index contributed by atoms with van der Waals surface area (Å²) in [6.45, 7) is 2.72. The zero-order valence-corrected chi connectivity index (χ0v) is 8.77. The third-order valence-electron chi connectivity index (χ3n) is 2.49. The lowest BCUT2D eigenvalue weighted by Crippen LogP contribution is -2.27. The maximum absolute atomic E-state index is 11.5. The molecule has 1 N–H and O–H groups in total. The van der Waals surface area contributed by atoms with Gasteiger partial charge in [0.25, 0.3) is 0 Å². The number of amides is 1. The van der Waals surface area contributed by atoms with Crippen molar-refractivity contribution in [1.82, 2.24) is 5.32 Å². The maximum atomic E-state index is 11.5. The Morgan fingerprint density at radius 3 is 2.80 bits per heavy atom. The molecule has 1 unspecified atom stereocenters. The second-order valence-corrected chi connectivity index (χ2v) is 3.86. The van der Waals surface area contributed by atoms with Gasteiger partial charge in [-0.25, -0.2) is 0 Å². The standard InChI is InChI=1S/C12H15NO2/c1-9(10-5-3-2-4-6-10)13-12(14)7-11-8-15-11/h2-6,9,11H,7-8H2,1H3,(H,13,14)/t9-,11?/m1/s1. The summed E-state index contributed by atoms with van der Waals surface area (Å²) in [5.74, 6) is 0.0638. The van der Waals surface area contributed by atoms with Crippen LogP contribution in [0.2, 0.25) is 0 Å². The molecular formula is C12H15NO2. The Morgan fingerprint density at radius 2 is 2.20 bits per heavy atom. The molecular weight excluding hydrogens is 190 g/mol. The highest BCUT2D eigenvalue weighted by atomic mass is 16.6. The van der Waals surface area contributed by atoms with E-state index in [1.54, 1.807) is 0 Å². The highest BCUT2D eigenvalue weighted by molar-refractivity contribution is 5.77. The molecule has 0 radical (unpaired) electrons. The summed E-state index contributed by atoms with van der Waals surface area (Å²) in [6.07, 6.45) is 0.643. The fourth-order valence-corrected chi connectivity index (χ4v) is 1.52. The number of epoxide rings is 1. The average Bonchev–Trinajstić information content (AvgIpc) is 3.03. The van der Waals surface area contributed by atoms with Crippen molar-refractivity contribution < 1.29 is 9.53 Å². The van der Waals surface area contributed by atoms with E-state index in [-0.39, 0.29) is 18.1 Å². The molecule has 0 aliphatic carbocycles. The first-order valence-corrected chi connectivity index (χ1v) is 5.21.